The van der Waals surface area contributed by atoms with E-state index in [4.69, 9.17) is 15.2 Å². The molecule has 2 aromatic rings. The van der Waals surface area contributed by atoms with E-state index in [2.05, 4.69) is 9.97 Å². The monoisotopic (exact) mass is 305 g/mol. The van der Waals surface area contributed by atoms with Crippen LogP contribution < -0.4 is 15.2 Å². The minimum atomic E-state index is 0.498. The number of anilines is 1. The van der Waals surface area contributed by atoms with Crippen LogP contribution in [0, 0.1) is 6.92 Å². The Morgan fingerprint density at radius 1 is 1.10 bits per heavy atom. The zero-order valence-electron chi connectivity index (χ0n) is 12.2. The summed E-state index contributed by atoms with van der Waals surface area (Å²) in [7, 11) is 0. The molecule has 112 valence electrons. The van der Waals surface area contributed by atoms with E-state index in [1.807, 2.05) is 38.1 Å². The van der Waals surface area contributed by atoms with E-state index in [1.54, 1.807) is 6.07 Å². The molecule has 0 unspecified atom stereocenters. The van der Waals surface area contributed by atoms with Crippen LogP contribution in [0.2, 0.25) is 0 Å². The normalized spacial score (nSPS) is 10.4. The summed E-state index contributed by atoms with van der Waals surface area (Å²) >= 11 is 1.53. The molecule has 0 spiro atoms. The largest absolute Gasteiger partial charge is 0.494 e. The molecule has 0 aliphatic heterocycles. The number of nitrogen functional groups attached to an aromatic ring is 1. The second-order valence-electron chi connectivity index (χ2n) is 4.32. The lowest BCUT2D eigenvalue weighted by molar-refractivity contribution is 0.332. The summed E-state index contributed by atoms with van der Waals surface area (Å²) < 4.78 is 11.0. The van der Waals surface area contributed by atoms with Crippen molar-refractivity contribution in [2.24, 2.45) is 0 Å². The number of aromatic nitrogens is 2. The number of rotatable bonds is 7. The summed E-state index contributed by atoms with van der Waals surface area (Å²) in [6.45, 7) is 5.10. The highest BCUT2D eigenvalue weighted by Crippen LogP contribution is 2.19. The van der Waals surface area contributed by atoms with Crippen LogP contribution in [0.4, 0.5) is 5.82 Å². The first-order valence-corrected chi connectivity index (χ1v) is 7.75. The summed E-state index contributed by atoms with van der Waals surface area (Å²) in [5.74, 6) is 2.93. The summed E-state index contributed by atoms with van der Waals surface area (Å²) in [5.41, 5.74) is 6.56. The Balaban J connectivity index is 1.76. The van der Waals surface area contributed by atoms with Crippen molar-refractivity contribution in [2.45, 2.75) is 19.0 Å². The first kappa shape index (κ1) is 15.4. The number of nitrogens with zero attached hydrogens (tertiary/aromatic N) is 2. The fourth-order valence-electron chi connectivity index (χ4n) is 1.72. The maximum absolute atomic E-state index is 5.69. The van der Waals surface area contributed by atoms with Gasteiger partial charge in [-0.3, -0.25) is 0 Å². The van der Waals surface area contributed by atoms with Gasteiger partial charge in [0.1, 0.15) is 17.3 Å². The Morgan fingerprint density at radius 2 is 1.76 bits per heavy atom. The van der Waals surface area contributed by atoms with Crippen LogP contribution >= 0.6 is 11.8 Å². The molecule has 5 nitrogen and oxygen atoms in total. The molecule has 0 saturated carbocycles. The number of benzene rings is 1. The number of hydrogen-bond acceptors (Lipinski definition) is 6. The van der Waals surface area contributed by atoms with Crippen LogP contribution in [0.3, 0.4) is 0 Å². The highest BCUT2D eigenvalue weighted by Gasteiger charge is 2.01. The predicted molar refractivity (Wildman–Crippen MR) is 85.0 cm³/mol. The minimum absolute atomic E-state index is 0.498. The Bertz CT molecular complexity index is 555. The lowest BCUT2D eigenvalue weighted by Gasteiger charge is -2.07. The number of thioether (sulfide) groups is 1. The van der Waals surface area contributed by atoms with Crippen molar-refractivity contribution in [3.63, 3.8) is 0 Å². The van der Waals surface area contributed by atoms with Crippen molar-refractivity contribution in [1.29, 1.82) is 0 Å². The second kappa shape index (κ2) is 7.73. The molecule has 0 aliphatic carbocycles. The number of nitrogens with two attached hydrogens (primary N) is 1. The van der Waals surface area contributed by atoms with Crippen LogP contribution in [0.1, 0.15) is 12.6 Å². The Kier molecular flexibility index (Phi) is 5.68. The average Bonchev–Trinajstić information content (AvgIpc) is 2.45. The van der Waals surface area contributed by atoms with Crippen molar-refractivity contribution in [3.8, 4) is 11.5 Å². The highest BCUT2D eigenvalue weighted by atomic mass is 32.2. The van der Waals surface area contributed by atoms with Crippen molar-refractivity contribution >= 4 is 17.6 Å². The van der Waals surface area contributed by atoms with E-state index >= 15 is 0 Å². The molecule has 1 heterocycles. The average molecular weight is 305 g/mol. The van der Waals surface area contributed by atoms with Crippen LogP contribution in [0.15, 0.2) is 35.5 Å². The molecule has 6 heteroatoms. The summed E-state index contributed by atoms with van der Waals surface area (Å²) in [5, 5.41) is 0.683. The van der Waals surface area contributed by atoms with Crippen LogP contribution in [0.5, 0.6) is 11.5 Å². The fraction of sp³-hybridized carbons (Fsp3) is 0.333. The topological polar surface area (TPSA) is 70.3 Å². The second-order valence-corrected chi connectivity index (χ2v) is 5.38. The molecule has 21 heavy (non-hydrogen) atoms. The van der Waals surface area contributed by atoms with Gasteiger partial charge in [-0.2, -0.15) is 0 Å². The number of ether oxygens (including phenoxy) is 2. The van der Waals surface area contributed by atoms with Gasteiger partial charge in [-0.25, -0.2) is 9.97 Å². The predicted octanol–water partition coefficient (Wildman–Crippen LogP) is 2.94. The van der Waals surface area contributed by atoms with Crippen molar-refractivity contribution in [1.82, 2.24) is 9.97 Å². The molecule has 0 atom stereocenters. The molecular formula is C15H19N3O2S. The van der Waals surface area contributed by atoms with E-state index in [-0.39, 0.29) is 0 Å². The van der Waals surface area contributed by atoms with Crippen molar-refractivity contribution in [3.05, 3.63) is 36.0 Å². The van der Waals surface area contributed by atoms with Crippen LogP contribution in [0.25, 0.3) is 0 Å². The van der Waals surface area contributed by atoms with Gasteiger partial charge in [0.2, 0.25) is 0 Å². The Hall–Kier alpha value is -1.95. The molecule has 0 aliphatic rings. The van der Waals surface area contributed by atoms with Gasteiger partial charge in [-0.15, -0.1) is 0 Å². The van der Waals surface area contributed by atoms with Gasteiger partial charge in [-0.05, 0) is 38.1 Å². The summed E-state index contributed by atoms with van der Waals surface area (Å²) in [4.78, 5) is 8.48. The van der Waals surface area contributed by atoms with E-state index in [0.29, 0.717) is 24.2 Å². The van der Waals surface area contributed by atoms with E-state index < -0.39 is 0 Å². The van der Waals surface area contributed by atoms with Gasteiger partial charge < -0.3 is 15.2 Å². The smallest absolute Gasteiger partial charge is 0.189 e. The van der Waals surface area contributed by atoms with Gasteiger partial charge in [0.15, 0.2) is 5.16 Å². The fourth-order valence-corrected chi connectivity index (χ4v) is 2.45. The quantitative estimate of drug-likeness (QED) is 0.482. The molecule has 0 fully saturated rings. The van der Waals surface area contributed by atoms with Gasteiger partial charge in [0.25, 0.3) is 0 Å². The van der Waals surface area contributed by atoms with Gasteiger partial charge in [0, 0.05) is 17.5 Å². The molecule has 1 aromatic heterocycles. The lowest BCUT2D eigenvalue weighted by Crippen LogP contribution is -2.02. The summed E-state index contributed by atoms with van der Waals surface area (Å²) in [6.07, 6.45) is 0. The van der Waals surface area contributed by atoms with E-state index in [1.165, 1.54) is 11.8 Å². The van der Waals surface area contributed by atoms with Crippen LogP contribution in [-0.2, 0) is 0 Å². The molecule has 0 amide bonds. The van der Waals surface area contributed by atoms with Gasteiger partial charge in [-0.1, -0.05) is 11.8 Å². The highest BCUT2D eigenvalue weighted by molar-refractivity contribution is 7.99. The maximum atomic E-state index is 5.69. The SMILES string of the molecule is CCOc1ccc(OCCSc2nc(C)cc(N)n2)cc1. The first-order valence-electron chi connectivity index (χ1n) is 6.77. The lowest BCUT2D eigenvalue weighted by atomic mass is 10.3. The minimum Gasteiger partial charge on any atom is -0.494 e. The van der Waals surface area contributed by atoms with Crippen LogP contribution in [-0.4, -0.2) is 28.9 Å². The number of hydrogen-bond donors (Lipinski definition) is 1. The number of aryl methyl sites for hydroxylation is 1. The third kappa shape index (κ3) is 5.15. The zero-order chi connectivity index (χ0) is 15.1. The van der Waals surface area contributed by atoms with E-state index in [9.17, 15) is 0 Å². The van der Waals surface area contributed by atoms with Crippen molar-refractivity contribution in [2.75, 3.05) is 24.7 Å². The molecule has 0 bridgehead atoms. The maximum Gasteiger partial charge on any atom is 0.189 e. The molecule has 0 radical (unpaired) electrons. The third-order valence-corrected chi connectivity index (χ3v) is 3.38. The Labute approximate surface area is 128 Å². The third-order valence-electron chi connectivity index (χ3n) is 2.57. The Morgan fingerprint density at radius 3 is 2.38 bits per heavy atom. The standard InChI is InChI=1S/C15H19N3O2S/c1-3-19-12-4-6-13(7-5-12)20-8-9-21-15-17-11(2)10-14(16)18-15/h4-7,10H,3,8-9H2,1-2H3,(H2,16,17,18). The van der Waals surface area contributed by atoms with Gasteiger partial charge in [0.05, 0.1) is 13.2 Å². The first-order chi connectivity index (χ1) is 10.2. The molecule has 2 N–H and O–H groups in total. The van der Waals surface area contributed by atoms with Gasteiger partial charge >= 0.3 is 0 Å². The van der Waals surface area contributed by atoms with E-state index in [0.717, 1.165) is 22.9 Å². The van der Waals surface area contributed by atoms with Crippen molar-refractivity contribution < 1.29 is 9.47 Å². The zero-order valence-corrected chi connectivity index (χ0v) is 13.0. The molecule has 0 saturated heterocycles. The molecule has 1 aromatic carbocycles. The summed E-state index contributed by atoms with van der Waals surface area (Å²) in [6, 6.07) is 9.35. The molecular weight excluding hydrogens is 286 g/mol. The molecule has 2 rings (SSSR count).